The molecule has 0 fully saturated rings. The number of ether oxygens (including phenoxy) is 2. The highest BCUT2D eigenvalue weighted by Gasteiger charge is 2.32. The summed E-state index contributed by atoms with van der Waals surface area (Å²) >= 11 is 7.60. The van der Waals surface area contributed by atoms with Gasteiger partial charge in [0.15, 0.2) is 11.5 Å². The predicted octanol–water partition coefficient (Wildman–Crippen LogP) is 4.62. The highest BCUT2D eigenvalue weighted by Crippen LogP contribution is 2.28. The van der Waals surface area contributed by atoms with Gasteiger partial charge in [0.1, 0.15) is 6.54 Å². The van der Waals surface area contributed by atoms with Crippen LogP contribution in [0.1, 0.15) is 24.3 Å². The Morgan fingerprint density at radius 1 is 1.15 bits per heavy atom. The quantitative estimate of drug-likeness (QED) is 0.302. The van der Waals surface area contributed by atoms with Gasteiger partial charge in [-0.2, -0.15) is 0 Å². The number of benzene rings is 1. The molecule has 0 aliphatic heterocycles. The fourth-order valence-corrected chi connectivity index (χ4v) is 4.14. The van der Waals surface area contributed by atoms with Gasteiger partial charge in [-0.15, -0.1) is 29.5 Å². The average Bonchev–Trinajstić information content (AvgIpc) is 3.33. The van der Waals surface area contributed by atoms with Crippen LogP contribution in [-0.2, 0) is 22.6 Å². The third-order valence-electron chi connectivity index (χ3n) is 5.27. The molecule has 0 radical (unpaired) electrons. The minimum Gasteiger partial charge on any atom is -0.493 e. The van der Waals surface area contributed by atoms with E-state index < -0.39 is 5.41 Å². The first-order chi connectivity index (χ1) is 15.7. The minimum atomic E-state index is -0.761. The van der Waals surface area contributed by atoms with Gasteiger partial charge in [-0.3, -0.25) is 9.59 Å². The first kappa shape index (κ1) is 26.7. The number of thiophene rings is 1. The van der Waals surface area contributed by atoms with E-state index in [4.69, 9.17) is 21.1 Å². The Morgan fingerprint density at radius 3 is 2.45 bits per heavy atom. The summed E-state index contributed by atoms with van der Waals surface area (Å²) in [5.74, 6) is 1.20. The summed E-state index contributed by atoms with van der Waals surface area (Å²) in [6.45, 7) is 8.55. The van der Waals surface area contributed by atoms with E-state index in [2.05, 4.69) is 6.58 Å². The number of halogens is 1. The molecule has 1 aromatic heterocycles. The lowest BCUT2D eigenvalue weighted by Crippen LogP contribution is -2.48. The van der Waals surface area contributed by atoms with E-state index in [1.807, 2.05) is 35.7 Å². The number of rotatable bonds is 13. The van der Waals surface area contributed by atoms with Gasteiger partial charge in [-0.25, -0.2) is 0 Å². The third kappa shape index (κ3) is 7.51. The minimum absolute atomic E-state index is 0.0253. The fourth-order valence-electron chi connectivity index (χ4n) is 3.31. The molecule has 0 unspecified atom stereocenters. The summed E-state index contributed by atoms with van der Waals surface area (Å²) in [6, 6.07) is 9.71. The Hall–Kier alpha value is -2.51. The maximum atomic E-state index is 13.3. The fraction of sp³-hybridized carbons (Fsp3) is 0.440. The molecule has 0 atom stereocenters. The van der Waals surface area contributed by atoms with Crippen molar-refractivity contribution in [1.29, 1.82) is 0 Å². The largest absolute Gasteiger partial charge is 0.493 e. The lowest BCUT2D eigenvalue weighted by atomic mass is 9.94. The highest BCUT2D eigenvalue weighted by atomic mass is 35.5. The van der Waals surface area contributed by atoms with E-state index >= 15 is 0 Å². The van der Waals surface area contributed by atoms with Crippen molar-refractivity contribution in [3.05, 3.63) is 58.8 Å². The van der Waals surface area contributed by atoms with Crippen LogP contribution in [0, 0.1) is 5.41 Å². The average molecular weight is 493 g/mol. The van der Waals surface area contributed by atoms with Gasteiger partial charge in [0.05, 0.1) is 26.2 Å². The van der Waals surface area contributed by atoms with Gasteiger partial charge in [0.25, 0.3) is 0 Å². The number of carbonyl (C=O) groups excluding carboxylic acids is 2. The SMILES string of the molecule is C=CCN(CC(=O)N(CCc1ccc(OC)c(OC)c1)Cc1cccs1)C(=O)C(C)(C)CCl. The standard InChI is InChI=1S/C25H33ClN2O4S/c1-6-12-28(24(30)25(2,3)18-26)17-23(29)27(16-20-8-7-14-33-20)13-11-19-9-10-21(31-4)22(15-19)32-5/h6-10,14-15H,1,11-13,16-18H2,2-5H3. The van der Waals surface area contributed by atoms with E-state index in [-0.39, 0.29) is 30.8 Å². The van der Waals surface area contributed by atoms with Gasteiger partial charge in [-0.1, -0.05) is 18.2 Å². The molecule has 0 saturated heterocycles. The molecule has 1 heterocycles. The summed E-state index contributed by atoms with van der Waals surface area (Å²) < 4.78 is 10.7. The molecule has 1 aromatic carbocycles. The van der Waals surface area contributed by atoms with Crippen LogP contribution in [0.4, 0.5) is 0 Å². The number of alkyl halides is 1. The molecule has 33 heavy (non-hydrogen) atoms. The third-order valence-corrected chi connectivity index (χ3v) is 6.80. The number of methoxy groups -OCH3 is 2. The summed E-state index contributed by atoms with van der Waals surface area (Å²) in [5.41, 5.74) is 0.266. The topological polar surface area (TPSA) is 59.1 Å². The molecule has 180 valence electrons. The van der Waals surface area contributed by atoms with Gasteiger partial charge in [0, 0.05) is 23.8 Å². The zero-order valence-electron chi connectivity index (χ0n) is 19.8. The zero-order valence-corrected chi connectivity index (χ0v) is 21.4. The molecule has 0 bridgehead atoms. The Labute approximate surface area is 205 Å². The van der Waals surface area contributed by atoms with Crippen LogP contribution < -0.4 is 9.47 Å². The summed E-state index contributed by atoms with van der Waals surface area (Å²) in [5, 5.41) is 1.99. The van der Waals surface area contributed by atoms with Crippen LogP contribution in [0.5, 0.6) is 11.5 Å². The molecule has 6 nitrogen and oxygen atoms in total. The van der Waals surface area contributed by atoms with E-state index in [0.717, 1.165) is 10.4 Å². The smallest absolute Gasteiger partial charge is 0.242 e. The van der Waals surface area contributed by atoms with E-state index in [9.17, 15) is 9.59 Å². The molecule has 2 aromatic rings. The molecule has 8 heteroatoms. The number of hydrogen-bond donors (Lipinski definition) is 0. The van der Waals surface area contributed by atoms with E-state index in [0.29, 0.717) is 31.0 Å². The normalized spacial score (nSPS) is 11.1. The van der Waals surface area contributed by atoms with Crippen molar-refractivity contribution in [3.63, 3.8) is 0 Å². The van der Waals surface area contributed by atoms with E-state index in [1.54, 1.807) is 50.4 Å². The van der Waals surface area contributed by atoms with Crippen LogP contribution in [0.25, 0.3) is 0 Å². The van der Waals surface area contributed by atoms with Crippen LogP contribution in [0.2, 0.25) is 0 Å². The van der Waals surface area contributed by atoms with Gasteiger partial charge >= 0.3 is 0 Å². The van der Waals surface area contributed by atoms with Crippen molar-refractivity contribution < 1.29 is 19.1 Å². The number of hydrogen-bond acceptors (Lipinski definition) is 5. The second kappa shape index (κ2) is 12.7. The molecular weight excluding hydrogens is 460 g/mol. The van der Waals surface area contributed by atoms with Crippen molar-refractivity contribution in [2.24, 2.45) is 5.41 Å². The molecular formula is C25H33ClN2O4S. The monoisotopic (exact) mass is 492 g/mol. The summed E-state index contributed by atoms with van der Waals surface area (Å²) in [4.78, 5) is 30.7. The highest BCUT2D eigenvalue weighted by molar-refractivity contribution is 7.09. The summed E-state index contributed by atoms with van der Waals surface area (Å²) in [7, 11) is 3.20. The molecule has 0 N–H and O–H groups in total. The van der Waals surface area contributed by atoms with Crippen LogP contribution in [-0.4, -0.2) is 61.3 Å². The summed E-state index contributed by atoms with van der Waals surface area (Å²) in [6.07, 6.45) is 2.27. The molecule has 0 aliphatic carbocycles. The molecule has 2 amide bonds. The Morgan fingerprint density at radius 2 is 1.88 bits per heavy atom. The number of nitrogens with zero attached hydrogens (tertiary/aromatic N) is 2. The van der Waals surface area contributed by atoms with Crippen molar-refractivity contribution >= 4 is 34.8 Å². The maximum absolute atomic E-state index is 13.3. The second-order valence-corrected chi connectivity index (χ2v) is 9.63. The van der Waals surface area contributed by atoms with E-state index in [1.165, 1.54) is 4.90 Å². The molecule has 2 rings (SSSR count). The Balaban J connectivity index is 2.19. The zero-order chi connectivity index (χ0) is 24.4. The number of amides is 2. The predicted molar refractivity (Wildman–Crippen MR) is 134 cm³/mol. The Bertz CT molecular complexity index is 930. The molecule has 0 spiro atoms. The van der Waals surface area contributed by atoms with Crippen molar-refractivity contribution in [3.8, 4) is 11.5 Å². The van der Waals surface area contributed by atoms with Gasteiger partial charge < -0.3 is 19.3 Å². The van der Waals surface area contributed by atoms with Gasteiger partial charge in [0.2, 0.25) is 11.8 Å². The van der Waals surface area contributed by atoms with Crippen molar-refractivity contribution in [2.75, 3.05) is 39.7 Å². The molecule has 0 saturated carbocycles. The maximum Gasteiger partial charge on any atom is 0.242 e. The van der Waals surface area contributed by atoms with Crippen LogP contribution in [0.15, 0.2) is 48.4 Å². The van der Waals surface area contributed by atoms with Crippen molar-refractivity contribution in [2.45, 2.75) is 26.8 Å². The van der Waals surface area contributed by atoms with Crippen LogP contribution in [0.3, 0.4) is 0 Å². The molecule has 0 aliphatic rings. The van der Waals surface area contributed by atoms with Crippen molar-refractivity contribution in [1.82, 2.24) is 9.80 Å². The first-order valence-corrected chi connectivity index (χ1v) is 12.1. The second-order valence-electron chi connectivity index (χ2n) is 8.33. The lowest BCUT2D eigenvalue weighted by molar-refractivity contribution is -0.145. The lowest BCUT2D eigenvalue weighted by Gasteiger charge is -2.31. The van der Waals surface area contributed by atoms with Gasteiger partial charge in [-0.05, 0) is 49.4 Å². The number of carbonyl (C=O) groups is 2. The van der Waals surface area contributed by atoms with Crippen LogP contribution >= 0.6 is 22.9 Å². The first-order valence-electron chi connectivity index (χ1n) is 10.7. The Kier molecular flexibility index (Phi) is 10.3.